The summed E-state index contributed by atoms with van der Waals surface area (Å²) in [6.45, 7) is 7.85. The zero-order valence-electron chi connectivity index (χ0n) is 8.59. The molecule has 0 bridgehead atoms. The Bertz CT molecular complexity index is 299. The van der Waals surface area contributed by atoms with Crippen LogP contribution in [0.4, 0.5) is 0 Å². The van der Waals surface area contributed by atoms with Gasteiger partial charge in [-0.2, -0.15) is 0 Å². The molecule has 4 heteroatoms. The van der Waals surface area contributed by atoms with E-state index in [1.165, 1.54) is 13.8 Å². The van der Waals surface area contributed by atoms with Crippen molar-refractivity contribution in [3.63, 3.8) is 0 Å². The Morgan fingerprint density at radius 2 is 1.79 bits per heavy atom. The molecule has 1 N–H and O–H groups in total. The average molecular weight is 198 g/mol. The Morgan fingerprint density at radius 1 is 1.29 bits per heavy atom. The van der Waals surface area contributed by atoms with Crippen LogP contribution < -0.4 is 0 Å². The van der Waals surface area contributed by atoms with Crippen molar-refractivity contribution in [3.05, 3.63) is 23.5 Å². The van der Waals surface area contributed by atoms with E-state index in [-0.39, 0.29) is 16.9 Å². The number of hydrogen-bond acceptors (Lipinski definition) is 4. The molecular weight excluding hydrogens is 184 g/mol. The molecule has 0 heterocycles. The Morgan fingerprint density at radius 3 is 2.14 bits per heavy atom. The van der Waals surface area contributed by atoms with Gasteiger partial charge < -0.3 is 9.84 Å². The number of aliphatic hydroxyl groups excluding tert-OH is 1. The van der Waals surface area contributed by atoms with E-state index in [4.69, 9.17) is 0 Å². The van der Waals surface area contributed by atoms with Crippen molar-refractivity contribution in [3.8, 4) is 0 Å². The van der Waals surface area contributed by atoms with Crippen LogP contribution in [-0.2, 0) is 14.3 Å². The second-order valence-electron chi connectivity index (χ2n) is 2.88. The van der Waals surface area contributed by atoms with Gasteiger partial charge in [0.1, 0.15) is 5.76 Å². The molecule has 0 aromatic rings. The van der Waals surface area contributed by atoms with Gasteiger partial charge in [-0.15, -0.1) is 0 Å². The fourth-order valence-electron chi connectivity index (χ4n) is 0.631. The highest BCUT2D eigenvalue weighted by molar-refractivity contribution is 6.01. The van der Waals surface area contributed by atoms with Crippen LogP contribution in [0.5, 0.6) is 0 Å². The summed E-state index contributed by atoms with van der Waals surface area (Å²) >= 11 is 0. The van der Waals surface area contributed by atoms with Gasteiger partial charge in [-0.25, -0.2) is 9.59 Å². The van der Waals surface area contributed by atoms with Crippen LogP contribution in [0.25, 0.3) is 0 Å². The Labute approximate surface area is 82.9 Å². The largest absolute Gasteiger partial charge is 0.512 e. The van der Waals surface area contributed by atoms with Gasteiger partial charge in [0, 0.05) is 12.0 Å². The minimum Gasteiger partial charge on any atom is -0.512 e. The molecule has 4 nitrogen and oxygen atoms in total. The quantitative estimate of drug-likeness (QED) is 0.325. The predicted molar refractivity (Wildman–Crippen MR) is 51.5 cm³/mol. The number of rotatable bonds is 3. The molecule has 0 aromatic carbocycles. The fourth-order valence-corrected chi connectivity index (χ4v) is 0.631. The highest BCUT2D eigenvalue weighted by Crippen LogP contribution is 2.07. The summed E-state index contributed by atoms with van der Waals surface area (Å²) in [7, 11) is 0. The van der Waals surface area contributed by atoms with E-state index in [1.807, 2.05) is 0 Å². The van der Waals surface area contributed by atoms with Crippen molar-refractivity contribution in [2.24, 2.45) is 0 Å². The average Bonchev–Trinajstić information content (AvgIpc) is 2.14. The summed E-state index contributed by atoms with van der Waals surface area (Å²) in [5.41, 5.74) is 0.184. The lowest BCUT2D eigenvalue weighted by Gasteiger charge is -2.04. The standard InChI is InChI=1S/C10H14O4/c1-5-8(11)7(4)10(13)14-9(12)6(2)3/h11H,2,5H2,1,3-4H3. The maximum Gasteiger partial charge on any atom is 0.345 e. The molecule has 0 aliphatic heterocycles. The van der Waals surface area contributed by atoms with Gasteiger partial charge in [0.05, 0.1) is 5.57 Å². The third-order valence-electron chi connectivity index (χ3n) is 1.61. The topological polar surface area (TPSA) is 63.6 Å². The van der Waals surface area contributed by atoms with Gasteiger partial charge in [0.2, 0.25) is 0 Å². The summed E-state index contributed by atoms with van der Waals surface area (Å²) in [6.07, 6.45) is 0.322. The Hall–Kier alpha value is -1.58. The number of carbonyl (C=O) groups excluding carboxylic acids is 2. The molecule has 0 unspecified atom stereocenters. The second kappa shape index (κ2) is 5.21. The molecule has 0 fully saturated rings. The third kappa shape index (κ3) is 3.43. The van der Waals surface area contributed by atoms with Crippen molar-refractivity contribution in [2.45, 2.75) is 27.2 Å². The van der Waals surface area contributed by atoms with Crippen molar-refractivity contribution in [1.82, 2.24) is 0 Å². The third-order valence-corrected chi connectivity index (χ3v) is 1.61. The Balaban J connectivity index is 4.52. The van der Waals surface area contributed by atoms with Crippen LogP contribution in [0.15, 0.2) is 23.5 Å². The van der Waals surface area contributed by atoms with Gasteiger partial charge in [-0.3, -0.25) is 0 Å². The van der Waals surface area contributed by atoms with Crippen LogP contribution in [-0.4, -0.2) is 17.0 Å². The Kier molecular flexibility index (Phi) is 4.63. The summed E-state index contributed by atoms with van der Waals surface area (Å²) in [5, 5.41) is 9.19. The van der Waals surface area contributed by atoms with E-state index in [2.05, 4.69) is 11.3 Å². The lowest BCUT2D eigenvalue weighted by Crippen LogP contribution is -2.14. The molecule has 0 rings (SSSR count). The van der Waals surface area contributed by atoms with Crippen LogP contribution in [0.3, 0.4) is 0 Å². The van der Waals surface area contributed by atoms with Gasteiger partial charge in [0.25, 0.3) is 0 Å². The van der Waals surface area contributed by atoms with Gasteiger partial charge in [0.15, 0.2) is 0 Å². The molecule has 0 saturated heterocycles. The SMILES string of the molecule is C=C(C)C(=O)OC(=O)C(C)=C(O)CC. The molecule has 0 spiro atoms. The number of allylic oxidation sites excluding steroid dienone is 1. The summed E-state index contributed by atoms with van der Waals surface area (Å²) in [4.78, 5) is 22.1. The molecule has 0 aromatic heterocycles. The predicted octanol–water partition coefficient (Wildman–Crippen LogP) is 1.87. The van der Waals surface area contributed by atoms with E-state index in [0.717, 1.165) is 0 Å². The van der Waals surface area contributed by atoms with E-state index in [0.29, 0.717) is 6.42 Å². The number of aliphatic hydroxyl groups is 1. The van der Waals surface area contributed by atoms with E-state index >= 15 is 0 Å². The van der Waals surface area contributed by atoms with E-state index < -0.39 is 11.9 Å². The van der Waals surface area contributed by atoms with Crippen LogP contribution >= 0.6 is 0 Å². The monoisotopic (exact) mass is 198 g/mol. The first-order valence-corrected chi connectivity index (χ1v) is 4.20. The summed E-state index contributed by atoms with van der Waals surface area (Å²) in [6, 6.07) is 0. The smallest absolute Gasteiger partial charge is 0.345 e. The summed E-state index contributed by atoms with van der Waals surface area (Å²) in [5.74, 6) is -1.69. The second-order valence-corrected chi connectivity index (χ2v) is 2.88. The molecule has 0 aliphatic carbocycles. The molecule has 0 atom stereocenters. The number of carbonyl (C=O) groups is 2. The minimum atomic E-state index is -0.836. The van der Waals surface area contributed by atoms with Crippen molar-refractivity contribution in [1.29, 1.82) is 0 Å². The van der Waals surface area contributed by atoms with Crippen LogP contribution in [0, 0.1) is 0 Å². The maximum atomic E-state index is 11.2. The normalized spacial score (nSPS) is 11.6. The van der Waals surface area contributed by atoms with Crippen LogP contribution in [0.2, 0.25) is 0 Å². The molecule has 0 aliphatic rings. The molecule has 0 saturated carbocycles. The van der Waals surface area contributed by atoms with E-state index in [1.54, 1.807) is 6.92 Å². The van der Waals surface area contributed by atoms with Gasteiger partial charge in [-0.1, -0.05) is 13.5 Å². The molecule has 14 heavy (non-hydrogen) atoms. The van der Waals surface area contributed by atoms with Crippen molar-refractivity contribution >= 4 is 11.9 Å². The van der Waals surface area contributed by atoms with Gasteiger partial charge >= 0.3 is 11.9 Å². The zero-order chi connectivity index (χ0) is 11.3. The number of ether oxygens (including phenoxy) is 1. The maximum absolute atomic E-state index is 11.2. The lowest BCUT2D eigenvalue weighted by atomic mass is 10.2. The number of hydrogen-bond donors (Lipinski definition) is 1. The van der Waals surface area contributed by atoms with Crippen molar-refractivity contribution < 1.29 is 19.4 Å². The molecule has 0 radical (unpaired) electrons. The van der Waals surface area contributed by atoms with E-state index in [9.17, 15) is 14.7 Å². The highest BCUT2D eigenvalue weighted by Gasteiger charge is 2.15. The first kappa shape index (κ1) is 12.4. The fraction of sp³-hybridized carbons (Fsp3) is 0.400. The highest BCUT2D eigenvalue weighted by atomic mass is 16.6. The summed E-state index contributed by atoms with van der Waals surface area (Å²) < 4.78 is 4.40. The molecular formula is C10H14O4. The van der Waals surface area contributed by atoms with Crippen LogP contribution in [0.1, 0.15) is 27.2 Å². The first-order chi connectivity index (χ1) is 6.40. The molecule has 78 valence electrons. The number of esters is 2. The molecule has 0 amide bonds. The lowest BCUT2D eigenvalue weighted by molar-refractivity contribution is -0.154. The zero-order valence-corrected chi connectivity index (χ0v) is 8.59. The van der Waals surface area contributed by atoms with Gasteiger partial charge in [-0.05, 0) is 13.8 Å². The first-order valence-electron chi connectivity index (χ1n) is 4.20. The minimum absolute atomic E-state index is 0.0436. The van der Waals surface area contributed by atoms with Crippen molar-refractivity contribution in [2.75, 3.05) is 0 Å².